The van der Waals surface area contributed by atoms with Gasteiger partial charge in [-0.25, -0.2) is 0 Å². The highest BCUT2D eigenvalue weighted by Gasteiger charge is 2.31. The second kappa shape index (κ2) is 6.28. The van der Waals surface area contributed by atoms with Crippen LogP contribution in [0.4, 0.5) is 5.69 Å². The van der Waals surface area contributed by atoms with E-state index in [4.69, 9.17) is 40.5 Å². The number of carbonyl (C=O) groups excluding carboxylic acids is 2. The summed E-state index contributed by atoms with van der Waals surface area (Å²) in [7, 11) is 0. The van der Waals surface area contributed by atoms with Crippen LogP contribution >= 0.6 is 34.8 Å². The predicted octanol–water partition coefficient (Wildman–Crippen LogP) is 2.80. The van der Waals surface area contributed by atoms with Gasteiger partial charge in [0.15, 0.2) is 5.78 Å². The van der Waals surface area contributed by atoms with Crippen LogP contribution in [0.5, 0.6) is 0 Å². The van der Waals surface area contributed by atoms with Crippen molar-refractivity contribution in [3.63, 3.8) is 0 Å². The zero-order valence-corrected chi connectivity index (χ0v) is 12.2. The van der Waals surface area contributed by atoms with Gasteiger partial charge in [0.1, 0.15) is 5.57 Å². The van der Waals surface area contributed by atoms with Crippen molar-refractivity contribution in [1.29, 1.82) is 0 Å². The SMILES string of the molecule is CC(=O)/C(C(=O)Nc1ccccc1)=C(/N)C(Cl)(Cl)Cl. The van der Waals surface area contributed by atoms with Gasteiger partial charge < -0.3 is 11.1 Å². The van der Waals surface area contributed by atoms with Gasteiger partial charge in [0, 0.05) is 5.69 Å². The summed E-state index contributed by atoms with van der Waals surface area (Å²) in [6, 6.07) is 8.55. The molecule has 0 saturated carbocycles. The molecule has 0 saturated heterocycles. The first-order chi connectivity index (χ1) is 8.73. The number of nitrogens with two attached hydrogens (primary N) is 1. The van der Waals surface area contributed by atoms with Crippen LogP contribution in [0.1, 0.15) is 6.92 Å². The van der Waals surface area contributed by atoms with E-state index in [0.29, 0.717) is 5.69 Å². The van der Waals surface area contributed by atoms with Crippen molar-refractivity contribution in [2.24, 2.45) is 5.73 Å². The Morgan fingerprint density at radius 2 is 1.68 bits per heavy atom. The molecule has 0 heterocycles. The molecule has 1 aromatic carbocycles. The third kappa shape index (κ3) is 4.42. The lowest BCUT2D eigenvalue weighted by Crippen LogP contribution is -2.28. The van der Waals surface area contributed by atoms with Crippen LogP contribution in [0.3, 0.4) is 0 Å². The van der Waals surface area contributed by atoms with E-state index in [0.717, 1.165) is 0 Å². The second-order valence-corrected chi connectivity index (χ2v) is 5.94. The van der Waals surface area contributed by atoms with Gasteiger partial charge in [-0.1, -0.05) is 53.0 Å². The fraction of sp³-hybridized carbons (Fsp3) is 0.167. The van der Waals surface area contributed by atoms with Gasteiger partial charge in [-0.2, -0.15) is 0 Å². The number of carbonyl (C=O) groups is 2. The maximum Gasteiger partial charge on any atom is 0.261 e. The lowest BCUT2D eigenvalue weighted by atomic mass is 10.1. The number of benzene rings is 1. The molecule has 0 aliphatic heterocycles. The van der Waals surface area contributed by atoms with E-state index in [9.17, 15) is 9.59 Å². The fourth-order valence-electron chi connectivity index (χ4n) is 1.33. The molecular weight excluding hydrogens is 311 g/mol. The minimum Gasteiger partial charge on any atom is -0.398 e. The molecule has 0 aliphatic rings. The molecule has 0 fully saturated rings. The zero-order valence-electron chi connectivity index (χ0n) is 9.91. The van der Waals surface area contributed by atoms with Gasteiger partial charge in [-0.15, -0.1) is 0 Å². The molecule has 0 bridgehead atoms. The van der Waals surface area contributed by atoms with Gasteiger partial charge in [0.2, 0.25) is 3.79 Å². The van der Waals surface area contributed by atoms with E-state index in [1.54, 1.807) is 30.3 Å². The maximum atomic E-state index is 12.0. The molecule has 0 unspecified atom stereocenters. The first-order valence-electron chi connectivity index (χ1n) is 5.17. The molecule has 0 radical (unpaired) electrons. The maximum absolute atomic E-state index is 12.0. The molecule has 0 spiro atoms. The van der Waals surface area contributed by atoms with E-state index < -0.39 is 21.2 Å². The molecule has 0 aromatic heterocycles. The van der Waals surface area contributed by atoms with Gasteiger partial charge in [0.05, 0.1) is 5.70 Å². The van der Waals surface area contributed by atoms with Crippen molar-refractivity contribution in [1.82, 2.24) is 0 Å². The molecule has 3 N–H and O–H groups in total. The van der Waals surface area contributed by atoms with Crippen LogP contribution in [0.15, 0.2) is 41.6 Å². The summed E-state index contributed by atoms with van der Waals surface area (Å²) in [6.45, 7) is 1.17. The van der Waals surface area contributed by atoms with E-state index in [1.165, 1.54) is 6.92 Å². The molecule has 7 heteroatoms. The van der Waals surface area contributed by atoms with Crippen molar-refractivity contribution in [3.05, 3.63) is 41.6 Å². The molecule has 0 atom stereocenters. The van der Waals surface area contributed by atoms with Gasteiger partial charge in [-0.05, 0) is 19.1 Å². The zero-order chi connectivity index (χ0) is 14.6. The van der Waals surface area contributed by atoms with Gasteiger partial charge in [0.25, 0.3) is 5.91 Å². The van der Waals surface area contributed by atoms with Crippen LogP contribution in [-0.4, -0.2) is 15.5 Å². The summed E-state index contributed by atoms with van der Waals surface area (Å²) in [5.41, 5.74) is 5.28. The monoisotopic (exact) mass is 320 g/mol. The number of amides is 1. The number of hydrogen-bond acceptors (Lipinski definition) is 3. The Bertz CT molecular complexity index is 522. The molecule has 1 amide bonds. The minimum absolute atomic E-state index is 0.371. The lowest BCUT2D eigenvalue weighted by Gasteiger charge is -2.15. The first-order valence-corrected chi connectivity index (χ1v) is 6.31. The van der Waals surface area contributed by atoms with Crippen LogP contribution in [0, 0.1) is 0 Å². The molecule has 0 aliphatic carbocycles. The largest absolute Gasteiger partial charge is 0.398 e. The Kier molecular flexibility index (Phi) is 5.23. The molecular formula is C12H11Cl3N2O2. The minimum atomic E-state index is -2.02. The van der Waals surface area contributed by atoms with Crippen LogP contribution in [-0.2, 0) is 9.59 Å². The van der Waals surface area contributed by atoms with E-state index >= 15 is 0 Å². The van der Waals surface area contributed by atoms with Crippen molar-refractivity contribution >= 4 is 52.2 Å². The van der Waals surface area contributed by atoms with E-state index in [-0.39, 0.29) is 5.57 Å². The summed E-state index contributed by atoms with van der Waals surface area (Å²) in [4.78, 5) is 23.5. The Balaban J connectivity index is 3.09. The smallest absolute Gasteiger partial charge is 0.261 e. The Morgan fingerprint density at radius 3 is 2.11 bits per heavy atom. The standard InChI is InChI=1S/C12H11Cl3N2O2/c1-7(18)9(10(16)12(13,14)15)11(19)17-8-5-3-2-4-6-8/h2-6H,16H2,1H3,(H,17,19)/b10-9-. The third-order valence-electron chi connectivity index (χ3n) is 2.19. The highest BCUT2D eigenvalue weighted by Crippen LogP contribution is 2.33. The number of nitrogens with one attached hydrogen (secondary N) is 1. The number of alkyl halides is 3. The quantitative estimate of drug-likeness (QED) is 0.389. The predicted molar refractivity (Wildman–Crippen MR) is 77.3 cm³/mol. The second-order valence-electron chi connectivity index (χ2n) is 3.66. The molecule has 4 nitrogen and oxygen atoms in total. The summed E-state index contributed by atoms with van der Waals surface area (Å²) in [5, 5.41) is 2.50. The van der Waals surface area contributed by atoms with Gasteiger partial charge in [-0.3, -0.25) is 9.59 Å². The molecule has 1 rings (SSSR count). The van der Waals surface area contributed by atoms with Crippen molar-refractivity contribution in [3.8, 4) is 0 Å². The van der Waals surface area contributed by atoms with Crippen molar-refractivity contribution in [2.45, 2.75) is 10.7 Å². The average Bonchev–Trinajstić information content (AvgIpc) is 2.28. The van der Waals surface area contributed by atoms with Crippen LogP contribution in [0.25, 0.3) is 0 Å². The summed E-state index contributed by atoms with van der Waals surface area (Å²) < 4.78 is -2.02. The number of ketones is 1. The molecule has 19 heavy (non-hydrogen) atoms. The molecule has 1 aromatic rings. The summed E-state index contributed by atoms with van der Waals surface area (Å²) in [6.07, 6.45) is 0. The number of Topliss-reactive ketones (excluding diaryl/α,β-unsaturated/α-hetero) is 1. The topological polar surface area (TPSA) is 72.2 Å². The van der Waals surface area contributed by atoms with Crippen molar-refractivity contribution in [2.75, 3.05) is 5.32 Å². The lowest BCUT2D eigenvalue weighted by molar-refractivity contribution is -0.119. The third-order valence-corrected chi connectivity index (χ3v) is 2.80. The normalized spacial score (nSPS) is 12.6. The average molecular weight is 322 g/mol. The van der Waals surface area contributed by atoms with Gasteiger partial charge >= 0.3 is 0 Å². The van der Waals surface area contributed by atoms with E-state index in [2.05, 4.69) is 5.32 Å². The van der Waals surface area contributed by atoms with Crippen LogP contribution < -0.4 is 11.1 Å². The highest BCUT2D eigenvalue weighted by molar-refractivity contribution is 6.69. The number of rotatable bonds is 3. The number of hydrogen-bond donors (Lipinski definition) is 2. The Hall–Kier alpha value is -1.23. The molecule has 102 valence electrons. The van der Waals surface area contributed by atoms with Crippen molar-refractivity contribution < 1.29 is 9.59 Å². The van der Waals surface area contributed by atoms with Crippen LogP contribution in [0.2, 0.25) is 0 Å². The number of para-hydroxylation sites is 1. The Labute approximate surface area is 125 Å². The summed E-state index contributed by atoms with van der Waals surface area (Å²) >= 11 is 16.8. The number of allylic oxidation sites excluding steroid dienone is 1. The Morgan fingerprint density at radius 1 is 1.16 bits per heavy atom. The summed E-state index contributed by atoms with van der Waals surface area (Å²) in [5.74, 6) is -1.31. The number of halogens is 3. The number of anilines is 1. The van der Waals surface area contributed by atoms with E-state index in [1.807, 2.05) is 0 Å². The first kappa shape index (κ1) is 15.8. The fourth-order valence-corrected chi connectivity index (χ4v) is 1.61. The highest BCUT2D eigenvalue weighted by atomic mass is 35.6.